The van der Waals surface area contributed by atoms with Crippen molar-refractivity contribution < 1.29 is 38.1 Å². The monoisotopic (exact) mass is 610 g/mol. The maximum atomic E-state index is 13.9. The second-order valence-electron chi connectivity index (χ2n) is 11.0. The van der Waals surface area contributed by atoms with Crippen molar-refractivity contribution in [1.82, 2.24) is 20.8 Å². The number of para-hydroxylation sites is 1. The molecule has 3 aliphatic rings. The van der Waals surface area contributed by atoms with Crippen molar-refractivity contribution >= 4 is 13.7 Å². The van der Waals surface area contributed by atoms with E-state index in [2.05, 4.69) is 21.9 Å². The molecule has 3 heterocycles. The summed E-state index contributed by atoms with van der Waals surface area (Å²) in [5.41, 5.74) is 7.54. The lowest BCUT2D eigenvalue weighted by Gasteiger charge is -2.43. The normalized spacial score (nSPS) is 33.5. The van der Waals surface area contributed by atoms with Crippen LogP contribution in [0.4, 0.5) is 0 Å². The van der Waals surface area contributed by atoms with Crippen LogP contribution in [0.15, 0.2) is 30.3 Å². The molecule has 0 spiro atoms. The molecule has 3 unspecified atom stereocenters. The second kappa shape index (κ2) is 14.1. The number of hydrogen-bond acceptors (Lipinski definition) is 13. The minimum Gasteiger partial charge on any atom is -0.464 e. The Balaban J connectivity index is 1.47. The SMILES string of the molecule is CCC(CC)COC(=O)[C@H](C)N[P@](=O)(OC[C@H]1O[C@@](C#N)(C2CCC3C(N)NCNN32)[C@H](O)[C@@H]1O)Oc1ccccc1. The van der Waals surface area contributed by atoms with Gasteiger partial charge in [-0.1, -0.05) is 44.9 Å². The Morgan fingerprint density at radius 1 is 1.31 bits per heavy atom. The number of hydrogen-bond donors (Lipinski definition) is 6. The van der Waals surface area contributed by atoms with E-state index >= 15 is 0 Å². The summed E-state index contributed by atoms with van der Waals surface area (Å²) in [6, 6.07) is 8.51. The van der Waals surface area contributed by atoms with Gasteiger partial charge in [-0.25, -0.2) is 15.0 Å². The van der Waals surface area contributed by atoms with Crippen LogP contribution in [0.3, 0.4) is 0 Å². The van der Waals surface area contributed by atoms with E-state index < -0.39 is 56.3 Å². The molecule has 0 radical (unpaired) electrons. The largest absolute Gasteiger partial charge is 0.464 e. The molecule has 7 N–H and O–H groups in total. The Morgan fingerprint density at radius 2 is 2.02 bits per heavy atom. The van der Waals surface area contributed by atoms with E-state index in [0.29, 0.717) is 19.5 Å². The van der Waals surface area contributed by atoms with E-state index in [0.717, 1.165) is 12.8 Å². The number of aliphatic hydroxyl groups excluding tert-OH is 2. The minimum absolute atomic E-state index is 0.146. The van der Waals surface area contributed by atoms with E-state index in [4.69, 9.17) is 24.3 Å². The molecule has 234 valence electrons. The van der Waals surface area contributed by atoms with Crippen LogP contribution in [0.1, 0.15) is 46.5 Å². The first-order chi connectivity index (χ1) is 20.1. The highest BCUT2D eigenvalue weighted by Gasteiger charge is 2.63. The molecule has 4 rings (SSSR count). The highest BCUT2D eigenvalue weighted by Crippen LogP contribution is 2.47. The lowest BCUT2D eigenvalue weighted by Crippen LogP contribution is -2.70. The topological polar surface area (TPSA) is 201 Å². The van der Waals surface area contributed by atoms with E-state index in [1.165, 1.54) is 6.92 Å². The van der Waals surface area contributed by atoms with Crippen LogP contribution < -0.4 is 26.1 Å². The number of nitrogens with two attached hydrogens (primary N) is 1. The number of carbonyl (C=O) groups is 1. The molecule has 15 heteroatoms. The quantitative estimate of drug-likeness (QED) is 0.135. The Kier molecular flexibility index (Phi) is 11.0. The fourth-order valence-electron chi connectivity index (χ4n) is 5.67. The zero-order valence-corrected chi connectivity index (χ0v) is 25.1. The van der Waals surface area contributed by atoms with Crippen molar-refractivity contribution in [2.24, 2.45) is 11.7 Å². The number of nitrogens with one attached hydrogen (secondary N) is 3. The van der Waals surface area contributed by atoms with E-state index in [1.54, 1.807) is 30.3 Å². The molecular weight excluding hydrogens is 567 g/mol. The van der Waals surface area contributed by atoms with Crippen LogP contribution >= 0.6 is 7.75 Å². The number of carbonyl (C=O) groups excluding carboxylic acids is 1. The summed E-state index contributed by atoms with van der Waals surface area (Å²) in [4.78, 5) is 12.7. The van der Waals surface area contributed by atoms with E-state index in [9.17, 15) is 24.8 Å². The van der Waals surface area contributed by atoms with Gasteiger partial charge < -0.3 is 29.9 Å². The van der Waals surface area contributed by atoms with Crippen molar-refractivity contribution in [3.05, 3.63) is 30.3 Å². The summed E-state index contributed by atoms with van der Waals surface area (Å²) in [5.74, 6) is -0.209. The molecule has 0 amide bonds. The zero-order valence-electron chi connectivity index (χ0n) is 24.2. The molecule has 14 nitrogen and oxygen atoms in total. The predicted molar refractivity (Wildman–Crippen MR) is 151 cm³/mol. The third kappa shape index (κ3) is 6.97. The standard InChI is InChI=1S/C27H43N6O8P/c1-4-18(5-2)13-38-26(36)17(3)32-42(37,41-19-9-7-6-8-10-19)39-14-21-23(34)24(35)27(15-28,40-21)22-12-11-20-25(29)30-16-31-33(20)22/h6-10,17-18,20-25,30-31,34-35H,4-5,11-14,16,29H2,1-3H3,(H,32,37)/t17-,20?,21+,22?,23+,24+,25?,27-,42-/m0/s1. The number of nitriles is 1. The third-order valence-electron chi connectivity index (χ3n) is 8.30. The van der Waals surface area contributed by atoms with Gasteiger partial charge in [0.25, 0.3) is 0 Å². The molecule has 3 fully saturated rings. The highest BCUT2D eigenvalue weighted by atomic mass is 31.2. The van der Waals surface area contributed by atoms with Gasteiger partial charge in [-0.15, -0.1) is 0 Å². The summed E-state index contributed by atoms with van der Waals surface area (Å²) in [6.07, 6.45) is -1.88. The van der Waals surface area contributed by atoms with Gasteiger partial charge in [-0.05, 0) is 37.8 Å². The lowest BCUT2D eigenvalue weighted by molar-refractivity contribution is -0.146. The van der Waals surface area contributed by atoms with Crippen LogP contribution in [0.25, 0.3) is 0 Å². The zero-order chi connectivity index (χ0) is 30.5. The van der Waals surface area contributed by atoms with Gasteiger partial charge >= 0.3 is 13.7 Å². The average Bonchev–Trinajstić information content (AvgIpc) is 3.53. The first-order valence-corrected chi connectivity index (χ1v) is 16.0. The van der Waals surface area contributed by atoms with Gasteiger partial charge in [0.05, 0.1) is 38.1 Å². The molecule has 0 aliphatic carbocycles. The molecule has 1 aromatic carbocycles. The number of ether oxygens (including phenoxy) is 2. The summed E-state index contributed by atoms with van der Waals surface area (Å²) in [6.45, 7) is 5.58. The van der Waals surface area contributed by atoms with Crippen LogP contribution in [-0.2, 0) is 23.4 Å². The average molecular weight is 611 g/mol. The fraction of sp³-hybridized carbons (Fsp3) is 0.704. The number of rotatable bonds is 13. The molecule has 9 atom stereocenters. The molecule has 0 aromatic heterocycles. The van der Waals surface area contributed by atoms with Gasteiger partial charge in [0, 0.05) is 0 Å². The van der Waals surface area contributed by atoms with Crippen LogP contribution in [0, 0.1) is 17.2 Å². The van der Waals surface area contributed by atoms with Gasteiger partial charge in [0.2, 0.25) is 0 Å². The first-order valence-electron chi connectivity index (χ1n) is 14.5. The fourth-order valence-corrected chi connectivity index (χ4v) is 7.18. The maximum Gasteiger partial charge on any atom is 0.459 e. The smallest absolute Gasteiger partial charge is 0.459 e. The van der Waals surface area contributed by atoms with Crippen molar-refractivity contribution in [1.29, 1.82) is 5.26 Å². The van der Waals surface area contributed by atoms with Crippen molar-refractivity contribution in [3.63, 3.8) is 0 Å². The summed E-state index contributed by atoms with van der Waals surface area (Å²) in [5, 5.41) is 39.8. The Bertz CT molecular complexity index is 1140. The summed E-state index contributed by atoms with van der Waals surface area (Å²) in [7, 11) is -4.27. The Labute approximate surface area is 246 Å². The summed E-state index contributed by atoms with van der Waals surface area (Å²) < 4.78 is 36.8. The molecular formula is C27H43N6O8P. The van der Waals surface area contributed by atoms with Crippen LogP contribution in [0.5, 0.6) is 5.75 Å². The number of hydrazine groups is 1. The molecule has 0 saturated carbocycles. The number of esters is 1. The maximum absolute atomic E-state index is 13.9. The van der Waals surface area contributed by atoms with Crippen molar-refractivity contribution in [3.8, 4) is 11.8 Å². The molecule has 42 heavy (non-hydrogen) atoms. The van der Waals surface area contributed by atoms with Gasteiger partial charge in [0.15, 0.2) is 5.60 Å². The Hall–Kier alpha value is -2.15. The number of benzene rings is 1. The van der Waals surface area contributed by atoms with Crippen LogP contribution in [0.2, 0.25) is 0 Å². The molecule has 3 aliphatic heterocycles. The second-order valence-corrected chi connectivity index (χ2v) is 12.7. The van der Waals surface area contributed by atoms with Gasteiger partial charge in [0.1, 0.15) is 36.2 Å². The van der Waals surface area contributed by atoms with Crippen molar-refractivity contribution in [2.45, 2.75) is 94.7 Å². The number of nitrogens with zero attached hydrogens (tertiary/aromatic N) is 2. The molecule has 0 bridgehead atoms. The van der Waals surface area contributed by atoms with Crippen LogP contribution in [-0.4, -0.2) is 89.3 Å². The van der Waals surface area contributed by atoms with E-state index in [1.807, 2.05) is 18.9 Å². The van der Waals surface area contributed by atoms with Gasteiger partial charge in [-0.3, -0.25) is 14.6 Å². The first kappa shape index (κ1) is 32.8. The lowest BCUT2D eigenvalue weighted by atomic mass is 9.87. The molecule has 1 aromatic rings. The third-order valence-corrected chi connectivity index (χ3v) is 9.95. The predicted octanol–water partition coefficient (Wildman–Crippen LogP) is 0.714. The number of fused-ring (bicyclic) bond motifs is 1. The Morgan fingerprint density at radius 3 is 2.69 bits per heavy atom. The number of aliphatic hydroxyl groups is 2. The van der Waals surface area contributed by atoms with Gasteiger partial charge in [-0.2, -0.15) is 10.3 Å². The highest BCUT2D eigenvalue weighted by molar-refractivity contribution is 7.52. The summed E-state index contributed by atoms with van der Waals surface area (Å²) >= 11 is 0. The van der Waals surface area contributed by atoms with Crippen molar-refractivity contribution in [2.75, 3.05) is 19.9 Å². The van der Waals surface area contributed by atoms with E-state index in [-0.39, 0.29) is 30.5 Å². The minimum atomic E-state index is -4.27. The molecule has 3 saturated heterocycles.